The van der Waals surface area contributed by atoms with Crippen LogP contribution in [0.1, 0.15) is 31.2 Å². The zero-order valence-corrected chi connectivity index (χ0v) is 14.1. The van der Waals surface area contributed by atoms with E-state index in [2.05, 4.69) is 5.16 Å². The van der Waals surface area contributed by atoms with Gasteiger partial charge in [0.05, 0.1) is 14.2 Å². The average molecular weight is 333 g/mol. The van der Waals surface area contributed by atoms with Gasteiger partial charge < -0.3 is 14.3 Å². The quantitative estimate of drug-likeness (QED) is 0.332. The first-order valence-corrected chi connectivity index (χ1v) is 7.97. The molecule has 0 spiro atoms. The van der Waals surface area contributed by atoms with Gasteiger partial charge in [0.15, 0.2) is 5.41 Å². The summed E-state index contributed by atoms with van der Waals surface area (Å²) in [6.07, 6.45) is 3.93. The van der Waals surface area contributed by atoms with Gasteiger partial charge in [-0.2, -0.15) is 0 Å². The van der Waals surface area contributed by atoms with Crippen molar-refractivity contribution in [2.24, 2.45) is 16.5 Å². The minimum Gasteiger partial charge on any atom is -0.468 e. The number of methoxy groups -OCH3 is 2. The number of ether oxygens (including phenoxy) is 2. The highest BCUT2D eigenvalue weighted by Crippen LogP contribution is 2.44. The highest BCUT2D eigenvalue weighted by Gasteiger charge is 2.53. The van der Waals surface area contributed by atoms with E-state index in [9.17, 15) is 9.59 Å². The van der Waals surface area contributed by atoms with Crippen LogP contribution in [-0.2, 0) is 30.5 Å². The fraction of sp³-hybridized carbons (Fsp3) is 0.500. The van der Waals surface area contributed by atoms with Gasteiger partial charge in [-0.25, -0.2) is 0 Å². The molecular weight excluding hydrogens is 310 g/mol. The van der Waals surface area contributed by atoms with Crippen molar-refractivity contribution < 1.29 is 23.9 Å². The van der Waals surface area contributed by atoms with Crippen LogP contribution in [0, 0.1) is 11.3 Å². The number of benzene rings is 1. The topological polar surface area (TPSA) is 74.2 Å². The van der Waals surface area contributed by atoms with Gasteiger partial charge in [-0.05, 0) is 37.2 Å². The maximum absolute atomic E-state index is 12.0. The lowest BCUT2D eigenvalue weighted by Gasteiger charge is -2.22. The van der Waals surface area contributed by atoms with Crippen LogP contribution in [-0.4, -0.2) is 32.4 Å². The van der Waals surface area contributed by atoms with E-state index in [1.807, 2.05) is 30.3 Å². The number of rotatable bonds is 7. The van der Waals surface area contributed by atoms with E-state index >= 15 is 0 Å². The highest BCUT2D eigenvalue weighted by atomic mass is 16.6. The van der Waals surface area contributed by atoms with Crippen LogP contribution in [0.15, 0.2) is 35.5 Å². The van der Waals surface area contributed by atoms with Crippen LogP contribution < -0.4 is 0 Å². The van der Waals surface area contributed by atoms with Crippen molar-refractivity contribution in [3.63, 3.8) is 0 Å². The van der Waals surface area contributed by atoms with E-state index in [0.29, 0.717) is 25.9 Å². The zero-order valence-electron chi connectivity index (χ0n) is 14.1. The Balaban J connectivity index is 1.83. The Morgan fingerprint density at radius 1 is 1.21 bits per heavy atom. The van der Waals surface area contributed by atoms with Crippen molar-refractivity contribution in [3.8, 4) is 0 Å². The third kappa shape index (κ3) is 4.13. The van der Waals surface area contributed by atoms with Gasteiger partial charge >= 0.3 is 11.9 Å². The van der Waals surface area contributed by atoms with Crippen LogP contribution in [0.3, 0.4) is 0 Å². The van der Waals surface area contributed by atoms with E-state index in [0.717, 1.165) is 12.0 Å². The van der Waals surface area contributed by atoms with E-state index in [4.69, 9.17) is 14.3 Å². The SMILES string of the molecule is COC(=O)C1(C(=O)OC)CCC(C/C=N/OCc2ccccc2)C1. The Bertz CT molecular complexity index is 568. The molecule has 6 heteroatoms. The van der Waals surface area contributed by atoms with Gasteiger partial charge in [0.1, 0.15) is 6.61 Å². The molecule has 24 heavy (non-hydrogen) atoms. The average Bonchev–Trinajstić information content (AvgIpc) is 3.06. The van der Waals surface area contributed by atoms with Crippen molar-refractivity contribution in [3.05, 3.63) is 35.9 Å². The molecule has 1 aromatic carbocycles. The molecule has 1 atom stereocenters. The fourth-order valence-electron chi connectivity index (χ4n) is 3.12. The predicted octanol–water partition coefficient (Wildman–Crippen LogP) is 2.71. The van der Waals surface area contributed by atoms with Crippen LogP contribution in [0.2, 0.25) is 0 Å². The molecule has 1 aromatic rings. The maximum Gasteiger partial charge on any atom is 0.323 e. The Hall–Kier alpha value is -2.37. The van der Waals surface area contributed by atoms with E-state index in [1.54, 1.807) is 6.21 Å². The third-order valence-electron chi connectivity index (χ3n) is 4.43. The predicted molar refractivity (Wildman–Crippen MR) is 88.1 cm³/mol. The number of hydrogen-bond acceptors (Lipinski definition) is 6. The molecule has 1 unspecified atom stereocenters. The molecular formula is C18H23NO5. The molecule has 2 rings (SSSR count). The van der Waals surface area contributed by atoms with Crippen molar-refractivity contribution in [1.29, 1.82) is 0 Å². The van der Waals surface area contributed by atoms with Gasteiger partial charge in [-0.15, -0.1) is 0 Å². The molecule has 0 radical (unpaired) electrons. The van der Waals surface area contributed by atoms with Gasteiger partial charge in [-0.3, -0.25) is 9.59 Å². The lowest BCUT2D eigenvalue weighted by atomic mass is 9.85. The first-order valence-electron chi connectivity index (χ1n) is 7.97. The second kappa shape index (κ2) is 8.47. The standard InChI is InChI=1S/C18H23NO5/c1-22-16(20)18(17(21)23-2)10-8-14(12-18)9-11-19-24-13-15-6-4-3-5-7-15/h3-7,11,14H,8-10,12-13H2,1-2H3/b19-11+. The lowest BCUT2D eigenvalue weighted by molar-refractivity contribution is -0.168. The molecule has 1 aliphatic carbocycles. The minimum absolute atomic E-state index is 0.173. The Morgan fingerprint density at radius 3 is 2.50 bits per heavy atom. The molecule has 1 aliphatic rings. The van der Waals surface area contributed by atoms with Crippen LogP contribution in [0.4, 0.5) is 0 Å². The summed E-state index contributed by atoms with van der Waals surface area (Å²) in [4.78, 5) is 29.3. The number of carbonyl (C=O) groups is 2. The summed E-state index contributed by atoms with van der Waals surface area (Å²) in [5.74, 6) is -0.865. The summed E-state index contributed by atoms with van der Waals surface area (Å²) in [6, 6.07) is 9.77. The summed E-state index contributed by atoms with van der Waals surface area (Å²) in [5.41, 5.74) is -0.127. The first kappa shape index (κ1) is 18.0. The largest absolute Gasteiger partial charge is 0.468 e. The third-order valence-corrected chi connectivity index (χ3v) is 4.43. The Morgan fingerprint density at radius 2 is 1.88 bits per heavy atom. The van der Waals surface area contributed by atoms with E-state index in [1.165, 1.54) is 14.2 Å². The fourth-order valence-corrected chi connectivity index (χ4v) is 3.12. The second-order valence-corrected chi connectivity index (χ2v) is 5.96. The molecule has 6 nitrogen and oxygen atoms in total. The summed E-state index contributed by atoms with van der Waals surface area (Å²) < 4.78 is 9.61. The summed E-state index contributed by atoms with van der Waals surface area (Å²) in [5, 5.41) is 3.95. The molecule has 0 aromatic heterocycles. The summed E-state index contributed by atoms with van der Waals surface area (Å²) >= 11 is 0. The van der Waals surface area contributed by atoms with Gasteiger partial charge in [0, 0.05) is 6.21 Å². The smallest absolute Gasteiger partial charge is 0.323 e. The van der Waals surface area contributed by atoms with Crippen molar-refractivity contribution in [1.82, 2.24) is 0 Å². The molecule has 130 valence electrons. The maximum atomic E-state index is 12.0. The number of hydrogen-bond donors (Lipinski definition) is 0. The van der Waals surface area contributed by atoms with Gasteiger partial charge in [0.25, 0.3) is 0 Å². The number of carbonyl (C=O) groups excluding carboxylic acids is 2. The molecule has 0 aliphatic heterocycles. The normalized spacial score (nSPS) is 19.2. The number of esters is 2. The molecule has 1 fully saturated rings. The van der Waals surface area contributed by atoms with Crippen LogP contribution in [0.5, 0.6) is 0 Å². The minimum atomic E-state index is -1.17. The molecule has 1 saturated carbocycles. The molecule has 0 N–H and O–H groups in total. The lowest BCUT2D eigenvalue weighted by Crippen LogP contribution is -2.39. The van der Waals surface area contributed by atoms with E-state index < -0.39 is 17.4 Å². The van der Waals surface area contributed by atoms with E-state index in [-0.39, 0.29) is 5.92 Å². The first-order chi connectivity index (χ1) is 11.6. The zero-order chi connectivity index (χ0) is 17.4. The number of oxime groups is 1. The van der Waals surface area contributed by atoms with Crippen LogP contribution in [0.25, 0.3) is 0 Å². The highest BCUT2D eigenvalue weighted by molar-refractivity contribution is 6.00. The molecule has 0 bridgehead atoms. The molecule has 0 saturated heterocycles. The number of nitrogens with zero attached hydrogens (tertiary/aromatic N) is 1. The molecule has 0 amide bonds. The summed E-state index contributed by atoms with van der Waals surface area (Å²) in [7, 11) is 2.58. The summed E-state index contributed by atoms with van der Waals surface area (Å²) in [6.45, 7) is 0.413. The van der Waals surface area contributed by atoms with Crippen molar-refractivity contribution >= 4 is 18.2 Å². The Kier molecular flexibility index (Phi) is 6.35. The monoisotopic (exact) mass is 333 g/mol. The van der Waals surface area contributed by atoms with Crippen molar-refractivity contribution in [2.45, 2.75) is 32.3 Å². The molecule has 0 heterocycles. The van der Waals surface area contributed by atoms with Gasteiger partial charge in [-0.1, -0.05) is 35.5 Å². The van der Waals surface area contributed by atoms with Gasteiger partial charge in [0.2, 0.25) is 0 Å². The Labute approximate surface area is 141 Å². The van der Waals surface area contributed by atoms with Crippen LogP contribution >= 0.6 is 0 Å². The second-order valence-electron chi connectivity index (χ2n) is 5.96. The van der Waals surface area contributed by atoms with Crippen molar-refractivity contribution in [2.75, 3.05) is 14.2 Å².